The highest BCUT2D eigenvalue weighted by Crippen LogP contribution is 2.13. The summed E-state index contributed by atoms with van der Waals surface area (Å²) in [6.45, 7) is 4.48. The van der Waals surface area contributed by atoms with Gasteiger partial charge in [0, 0.05) is 44.4 Å². The van der Waals surface area contributed by atoms with Crippen LogP contribution in [0.3, 0.4) is 0 Å². The maximum atomic E-state index is 12.7. The van der Waals surface area contributed by atoms with Crippen molar-refractivity contribution in [1.29, 1.82) is 0 Å². The van der Waals surface area contributed by atoms with Crippen molar-refractivity contribution in [1.82, 2.24) is 4.90 Å². The molecule has 2 aromatic rings. The standard InChI is InChI=1S/C27H39N3O2/c1-3-4-5-6-7-14-21-30(22-19-26(31)28-24-15-10-8-11-16-24)23-20-27(32)29(2)25-17-12-9-13-18-25/h8-13,15-18H,3-7,14,19-23H2,1-2H3,(H,28,31). The van der Waals surface area contributed by atoms with E-state index in [9.17, 15) is 9.59 Å². The molecule has 0 saturated heterocycles. The Morgan fingerprint density at radius 3 is 2.03 bits per heavy atom. The van der Waals surface area contributed by atoms with Crippen LogP contribution in [0.4, 0.5) is 11.4 Å². The minimum Gasteiger partial charge on any atom is -0.326 e. The van der Waals surface area contributed by atoms with Crippen LogP contribution >= 0.6 is 0 Å². The number of nitrogens with one attached hydrogen (secondary N) is 1. The van der Waals surface area contributed by atoms with Crippen LogP contribution in [0.15, 0.2) is 60.7 Å². The van der Waals surface area contributed by atoms with Gasteiger partial charge in [-0.25, -0.2) is 0 Å². The lowest BCUT2D eigenvalue weighted by atomic mass is 10.1. The number of para-hydroxylation sites is 2. The molecule has 0 spiro atoms. The van der Waals surface area contributed by atoms with Crippen LogP contribution in [0.1, 0.15) is 58.3 Å². The van der Waals surface area contributed by atoms with E-state index in [1.165, 1.54) is 32.1 Å². The van der Waals surface area contributed by atoms with Gasteiger partial charge in [0.25, 0.3) is 0 Å². The molecule has 0 bridgehead atoms. The summed E-state index contributed by atoms with van der Waals surface area (Å²) in [7, 11) is 1.82. The zero-order valence-corrected chi connectivity index (χ0v) is 19.8. The highest BCUT2D eigenvalue weighted by molar-refractivity contribution is 5.93. The summed E-state index contributed by atoms with van der Waals surface area (Å²) in [5.41, 5.74) is 1.72. The van der Waals surface area contributed by atoms with E-state index >= 15 is 0 Å². The molecule has 0 heterocycles. The average Bonchev–Trinajstić information content (AvgIpc) is 2.83. The number of benzene rings is 2. The van der Waals surface area contributed by atoms with Crippen molar-refractivity contribution in [3.63, 3.8) is 0 Å². The van der Waals surface area contributed by atoms with Crippen LogP contribution in [0.25, 0.3) is 0 Å². The van der Waals surface area contributed by atoms with Gasteiger partial charge in [0.1, 0.15) is 0 Å². The van der Waals surface area contributed by atoms with Gasteiger partial charge >= 0.3 is 0 Å². The Balaban J connectivity index is 1.82. The zero-order chi connectivity index (χ0) is 23.0. The lowest BCUT2D eigenvalue weighted by molar-refractivity contribution is -0.118. The van der Waals surface area contributed by atoms with Crippen LogP contribution in [-0.4, -0.2) is 43.4 Å². The molecule has 0 aromatic heterocycles. The van der Waals surface area contributed by atoms with E-state index in [2.05, 4.69) is 17.1 Å². The van der Waals surface area contributed by atoms with Crippen molar-refractivity contribution in [3.05, 3.63) is 60.7 Å². The molecule has 2 aromatic carbocycles. The number of nitrogens with zero attached hydrogens (tertiary/aromatic N) is 2. The maximum absolute atomic E-state index is 12.7. The number of hydrogen-bond donors (Lipinski definition) is 1. The van der Waals surface area contributed by atoms with E-state index in [4.69, 9.17) is 0 Å². The summed E-state index contributed by atoms with van der Waals surface area (Å²) >= 11 is 0. The SMILES string of the molecule is CCCCCCCCN(CCC(=O)Nc1ccccc1)CCC(=O)N(C)c1ccccc1. The minimum atomic E-state index is 0.0110. The molecule has 0 aliphatic heterocycles. The number of carbonyl (C=O) groups is 2. The summed E-state index contributed by atoms with van der Waals surface area (Å²) in [5.74, 6) is 0.106. The first-order chi connectivity index (χ1) is 15.6. The van der Waals surface area contributed by atoms with Crippen molar-refractivity contribution >= 4 is 23.2 Å². The second kappa shape index (κ2) is 15.2. The summed E-state index contributed by atoms with van der Waals surface area (Å²) in [6.07, 6.45) is 8.26. The van der Waals surface area contributed by atoms with Gasteiger partial charge in [0.2, 0.25) is 11.8 Å². The maximum Gasteiger partial charge on any atom is 0.228 e. The fourth-order valence-electron chi connectivity index (χ4n) is 3.67. The fraction of sp³-hybridized carbons (Fsp3) is 0.481. The first-order valence-corrected chi connectivity index (χ1v) is 12.0. The molecule has 0 atom stereocenters. The molecule has 1 N–H and O–H groups in total. The Kier molecular flexibility index (Phi) is 12.2. The zero-order valence-electron chi connectivity index (χ0n) is 19.8. The van der Waals surface area contributed by atoms with Gasteiger partial charge < -0.3 is 15.1 Å². The second-order valence-electron chi connectivity index (χ2n) is 8.31. The number of unbranched alkanes of at least 4 members (excludes halogenated alkanes) is 5. The molecule has 0 radical (unpaired) electrons. The molecule has 0 aliphatic rings. The Hall–Kier alpha value is -2.66. The topological polar surface area (TPSA) is 52.7 Å². The van der Waals surface area contributed by atoms with Crippen LogP contribution in [0.2, 0.25) is 0 Å². The van der Waals surface area contributed by atoms with Crippen LogP contribution in [-0.2, 0) is 9.59 Å². The number of rotatable bonds is 15. The quantitative estimate of drug-likeness (QED) is 0.362. The van der Waals surface area contributed by atoms with Crippen LogP contribution < -0.4 is 10.2 Å². The summed E-state index contributed by atoms with van der Waals surface area (Å²) in [4.78, 5) is 29.1. The van der Waals surface area contributed by atoms with Gasteiger partial charge in [-0.3, -0.25) is 9.59 Å². The van der Waals surface area contributed by atoms with Crippen molar-refractivity contribution in [3.8, 4) is 0 Å². The van der Waals surface area contributed by atoms with E-state index < -0.39 is 0 Å². The first kappa shape index (κ1) is 25.6. The normalized spacial score (nSPS) is 10.8. The molecular weight excluding hydrogens is 398 g/mol. The van der Waals surface area contributed by atoms with Crippen molar-refractivity contribution in [2.75, 3.05) is 36.9 Å². The molecule has 5 nitrogen and oxygen atoms in total. The van der Waals surface area contributed by atoms with Crippen LogP contribution in [0, 0.1) is 0 Å². The van der Waals surface area contributed by atoms with E-state index in [1.54, 1.807) is 4.90 Å². The molecule has 0 aliphatic carbocycles. The number of amides is 2. The molecule has 0 unspecified atom stereocenters. The lowest BCUT2D eigenvalue weighted by Gasteiger charge is -2.24. The highest BCUT2D eigenvalue weighted by atomic mass is 16.2. The Bertz CT molecular complexity index is 780. The van der Waals surface area contributed by atoms with Crippen molar-refractivity contribution in [2.45, 2.75) is 58.3 Å². The molecular formula is C27H39N3O2. The molecule has 5 heteroatoms. The van der Waals surface area contributed by atoms with Gasteiger partial charge in [-0.1, -0.05) is 75.4 Å². The van der Waals surface area contributed by atoms with Crippen molar-refractivity contribution in [2.24, 2.45) is 0 Å². The van der Waals surface area contributed by atoms with Gasteiger partial charge in [-0.05, 0) is 37.2 Å². The molecule has 0 fully saturated rings. The first-order valence-electron chi connectivity index (χ1n) is 12.0. The molecule has 32 heavy (non-hydrogen) atoms. The number of hydrogen-bond acceptors (Lipinski definition) is 3. The Morgan fingerprint density at radius 1 is 0.750 bits per heavy atom. The number of carbonyl (C=O) groups excluding carboxylic acids is 2. The predicted molar refractivity (Wildman–Crippen MR) is 134 cm³/mol. The van der Waals surface area contributed by atoms with E-state index in [1.807, 2.05) is 67.7 Å². The average molecular weight is 438 g/mol. The van der Waals surface area contributed by atoms with Gasteiger partial charge in [-0.15, -0.1) is 0 Å². The fourth-order valence-corrected chi connectivity index (χ4v) is 3.67. The van der Waals surface area contributed by atoms with E-state index in [-0.39, 0.29) is 11.8 Å². The highest BCUT2D eigenvalue weighted by Gasteiger charge is 2.14. The van der Waals surface area contributed by atoms with Gasteiger partial charge in [-0.2, -0.15) is 0 Å². The Morgan fingerprint density at radius 2 is 1.34 bits per heavy atom. The lowest BCUT2D eigenvalue weighted by Crippen LogP contribution is -2.34. The van der Waals surface area contributed by atoms with Gasteiger partial charge in [0.15, 0.2) is 0 Å². The van der Waals surface area contributed by atoms with Gasteiger partial charge in [0.05, 0.1) is 0 Å². The van der Waals surface area contributed by atoms with Crippen molar-refractivity contribution < 1.29 is 9.59 Å². The molecule has 0 saturated carbocycles. The predicted octanol–water partition coefficient (Wildman–Crippen LogP) is 5.73. The smallest absolute Gasteiger partial charge is 0.228 e. The molecule has 2 amide bonds. The van der Waals surface area contributed by atoms with E-state index in [0.29, 0.717) is 25.9 Å². The monoisotopic (exact) mass is 437 g/mol. The molecule has 174 valence electrons. The third kappa shape index (κ3) is 10.1. The number of anilines is 2. The largest absolute Gasteiger partial charge is 0.326 e. The minimum absolute atomic E-state index is 0.0110. The third-order valence-electron chi connectivity index (χ3n) is 5.70. The summed E-state index contributed by atoms with van der Waals surface area (Å²) in [6, 6.07) is 19.3. The van der Waals surface area contributed by atoms with E-state index in [0.717, 1.165) is 24.3 Å². The summed E-state index contributed by atoms with van der Waals surface area (Å²) in [5, 5.41) is 2.95. The third-order valence-corrected chi connectivity index (χ3v) is 5.70. The second-order valence-corrected chi connectivity index (χ2v) is 8.31. The van der Waals surface area contributed by atoms with Crippen LogP contribution in [0.5, 0.6) is 0 Å². The molecule has 2 rings (SSSR count). The summed E-state index contributed by atoms with van der Waals surface area (Å²) < 4.78 is 0. The Labute approximate surface area is 193 Å².